The van der Waals surface area contributed by atoms with Crippen molar-refractivity contribution < 1.29 is 24.2 Å². The van der Waals surface area contributed by atoms with Crippen molar-refractivity contribution >= 4 is 17.9 Å². The van der Waals surface area contributed by atoms with E-state index in [0.717, 1.165) is 53.5 Å². The van der Waals surface area contributed by atoms with Crippen molar-refractivity contribution in [1.29, 1.82) is 0 Å². The van der Waals surface area contributed by atoms with E-state index in [0.29, 0.717) is 19.5 Å². The number of phenolic OH excluding ortho intramolecular Hbond substituents is 1. The van der Waals surface area contributed by atoms with Crippen molar-refractivity contribution in [3.63, 3.8) is 0 Å². The highest BCUT2D eigenvalue weighted by molar-refractivity contribution is 5.92. The summed E-state index contributed by atoms with van der Waals surface area (Å²) in [6.07, 6.45) is 4.25. The monoisotopic (exact) mass is 629 g/mol. The molecule has 3 amide bonds. The molecule has 0 aliphatic rings. The highest BCUT2D eigenvalue weighted by atomic mass is 16.6. The first-order valence-corrected chi connectivity index (χ1v) is 16.3. The zero-order valence-corrected chi connectivity index (χ0v) is 28.3. The topological polar surface area (TPSA) is 108 Å². The van der Waals surface area contributed by atoms with Gasteiger partial charge in [0.05, 0.1) is 0 Å². The predicted octanol–water partition coefficient (Wildman–Crippen LogP) is 7.30. The van der Waals surface area contributed by atoms with E-state index in [9.17, 15) is 19.5 Å². The molecule has 0 radical (unpaired) electrons. The molecule has 0 aromatic heterocycles. The number of ether oxygens (including phenoxy) is 1. The van der Waals surface area contributed by atoms with Crippen LogP contribution in [0, 0.1) is 13.8 Å². The third-order valence-corrected chi connectivity index (χ3v) is 7.75. The first-order valence-electron chi connectivity index (χ1n) is 16.3. The number of carbonyl (C=O) groups excluding carboxylic acids is 3. The van der Waals surface area contributed by atoms with Crippen molar-refractivity contribution in [3.8, 4) is 5.75 Å². The van der Waals surface area contributed by atoms with Crippen molar-refractivity contribution in [2.24, 2.45) is 0 Å². The van der Waals surface area contributed by atoms with Gasteiger partial charge in [0, 0.05) is 19.5 Å². The quantitative estimate of drug-likeness (QED) is 0.153. The Labute approximate surface area is 274 Å². The van der Waals surface area contributed by atoms with Crippen LogP contribution in [0.1, 0.15) is 93.7 Å². The number of benzene rings is 3. The van der Waals surface area contributed by atoms with Crippen LogP contribution in [0.15, 0.2) is 72.8 Å². The highest BCUT2D eigenvalue weighted by Crippen LogP contribution is 2.28. The molecule has 3 rings (SSSR count). The van der Waals surface area contributed by atoms with E-state index in [-0.39, 0.29) is 24.0 Å². The van der Waals surface area contributed by atoms with Crippen molar-refractivity contribution in [2.45, 2.75) is 104 Å². The lowest BCUT2D eigenvalue weighted by atomic mass is 9.95. The van der Waals surface area contributed by atoms with Crippen LogP contribution in [0.3, 0.4) is 0 Å². The van der Waals surface area contributed by atoms with Crippen LogP contribution in [-0.4, -0.2) is 46.1 Å². The zero-order valence-electron chi connectivity index (χ0n) is 28.3. The molecule has 0 bridgehead atoms. The van der Waals surface area contributed by atoms with Crippen LogP contribution >= 0.6 is 0 Å². The molecule has 0 saturated carbocycles. The number of unbranched alkanes of at least 4 members (excludes halogenated alkanes) is 4. The van der Waals surface area contributed by atoms with Crippen molar-refractivity contribution in [3.05, 3.63) is 101 Å². The summed E-state index contributed by atoms with van der Waals surface area (Å²) in [6.45, 7) is 12.0. The van der Waals surface area contributed by atoms with Gasteiger partial charge in [-0.15, -0.1) is 0 Å². The molecule has 3 aromatic carbocycles. The molecule has 46 heavy (non-hydrogen) atoms. The van der Waals surface area contributed by atoms with Gasteiger partial charge in [0.1, 0.15) is 23.4 Å². The average molecular weight is 630 g/mol. The molecule has 2 atom stereocenters. The summed E-state index contributed by atoms with van der Waals surface area (Å²) < 4.78 is 5.56. The fourth-order valence-corrected chi connectivity index (χ4v) is 5.36. The summed E-state index contributed by atoms with van der Waals surface area (Å²) in [7, 11) is 0. The Hall–Kier alpha value is -4.33. The molecule has 0 aliphatic carbocycles. The van der Waals surface area contributed by atoms with Gasteiger partial charge in [-0.1, -0.05) is 98.8 Å². The molecule has 3 aromatic rings. The molecule has 2 unspecified atom stereocenters. The summed E-state index contributed by atoms with van der Waals surface area (Å²) >= 11 is 0. The van der Waals surface area contributed by atoms with Gasteiger partial charge in [0.25, 0.3) is 0 Å². The van der Waals surface area contributed by atoms with Gasteiger partial charge < -0.3 is 25.4 Å². The summed E-state index contributed by atoms with van der Waals surface area (Å²) in [4.78, 5) is 43.7. The fraction of sp³-hybridized carbons (Fsp3) is 0.447. The number of hydrogen-bond acceptors (Lipinski definition) is 5. The van der Waals surface area contributed by atoms with E-state index < -0.39 is 23.8 Å². The fourth-order valence-electron chi connectivity index (χ4n) is 5.36. The number of nitrogens with one attached hydrogen (secondary N) is 2. The third kappa shape index (κ3) is 11.5. The Kier molecular flexibility index (Phi) is 13.7. The lowest BCUT2D eigenvalue weighted by molar-refractivity contribution is -0.142. The second kappa shape index (κ2) is 17.4. The van der Waals surface area contributed by atoms with Crippen LogP contribution in [-0.2, 0) is 27.3 Å². The van der Waals surface area contributed by atoms with Gasteiger partial charge in [-0.3, -0.25) is 9.59 Å². The molecular formula is C38H51N3O5. The third-order valence-electron chi connectivity index (χ3n) is 7.75. The maximum absolute atomic E-state index is 14.8. The number of aromatic hydroxyl groups is 1. The average Bonchev–Trinajstić information content (AvgIpc) is 3.00. The number of hydrogen-bond donors (Lipinski definition) is 3. The second-order valence-corrected chi connectivity index (χ2v) is 13.0. The largest absolute Gasteiger partial charge is 0.508 e. The summed E-state index contributed by atoms with van der Waals surface area (Å²) in [6, 6.07) is 20.2. The Morgan fingerprint density at radius 1 is 0.870 bits per heavy atom. The van der Waals surface area contributed by atoms with Crippen molar-refractivity contribution in [1.82, 2.24) is 15.5 Å². The van der Waals surface area contributed by atoms with E-state index in [1.165, 1.54) is 0 Å². The minimum Gasteiger partial charge on any atom is -0.508 e. The van der Waals surface area contributed by atoms with E-state index in [4.69, 9.17) is 4.74 Å². The lowest BCUT2D eigenvalue weighted by Gasteiger charge is -2.35. The molecule has 0 spiro atoms. The van der Waals surface area contributed by atoms with Gasteiger partial charge in [-0.2, -0.15) is 0 Å². The number of alkyl carbamates (subject to hydrolysis) is 1. The molecule has 8 heteroatoms. The van der Waals surface area contributed by atoms with Crippen LogP contribution in [0.2, 0.25) is 0 Å². The maximum Gasteiger partial charge on any atom is 0.408 e. The normalized spacial score (nSPS) is 12.6. The Morgan fingerprint density at radius 3 is 2.20 bits per heavy atom. The number of carbonyl (C=O) groups is 3. The molecule has 8 nitrogen and oxygen atoms in total. The van der Waals surface area contributed by atoms with Gasteiger partial charge in [0.15, 0.2) is 0 Å². The molecular weight excluding hydrogens is 578 g/mol. The van der Waals surface area contributed by atoms with Crippen LogP contribution in [0.4, 0.5) is 4.79 Å². The standard InChI is InChI=1S/C38H51N3O5/c1-7-8-9-10-14-23-41(36(44)33(40-37(45)46-38(4,5)6)25-29-19-21-31(42)22-20-29)34(32-24-27(2)17-18-28(32)3)35(43)39-26-30-15-12-11-13-16-30/h11-13,15-22,24,33-34,42H,7-10,14,23,25-26H2,1-6H3,(H,39,43)(H,40,45). The van der Waals surface area contributed by atoms with Crippen LogP contribution in [0.25, 0.3) is 0 Å². The number of amides is 3. The first kappa shape index (κ1) is 36.1. The number of aryl methyl sites for hydroxylation is 2. The van der Waals surface area contributed by atoms with E-state index in [1.807, 2.05) is 62.4 Å². The summed E-state index contributed by atoms with van der Waals surface area (Å²) in [5.74, 6) is -0.569. The Morgan fingerprint density at radius 2 is 1.54 bits per heavy atom. The van der Waals surface area contributed by atoms with Crippen LogP contribution in [0.5, 0.6) is 5.75 Å². The summed E-state index contributed by atoms with van der Waals surface area (Å²) in [5.41, 5.74) is 3.53. The molecule has 0 heterocycles. The molecule has 248 valence electrons. The minimum atomic E-state index is -1.02. The molecule has 0 saturated heterocycles. The van der Waals surface area contributed by atoms with Gasteiger partial charge >= 0.3 is 6.09 Å². The second-order valence-electron chi connectivity index (χ2n) is 13.0. The Balaban J connectivity index is 2.06. The van der Waals surface area contributed by atoms with Gasteiger partial charge in [-0.25, -0.2) is 4.79 Å². The zero-order chi connectivity index (χ0) is 33.7. The Bertz CT molecular complexity index is 1420. The molecule has 3 N–H and O–H groups in total. The SMILES string of the molecule is CCCCCCCN(C(=O)C(Cc1ccc(O)cc1)NC(=O)OC(C)(C)C)C(C(=O)NCc1ccccc1)c1cc(C)ccc1C. The van der Waals surface area contributed by atoms with E-state index >= 15 is 0 Å². The van der Waals surface area contributed by atoms with Gasteiger partial charge in [-0.05, 0) is 75.4 Å². The lowest BCUT2D eigenvalue weighted by Crippen LogP contribution is -2.54. The number of rotatable bonds is 15. The summed E-state index contributed by atoms with van der Waals surface area (Å²) in [5, 5.41) is 15.7. The molecule has 0 aliphatic heterocycles. The predicted molar refractivity (Wildman–Crippen MR) is 182 cm³/mol. The van der Waals surface area contributed by atoms with Crippen LogP contribution < -0.4 is 10.6 Å². The highest BCUT2D eigenvalue weighted by Gasteiger charge is 2.37. The molecule has 0 fully saturated rings. The van der Waals surface area contributed by atoms with E-state index in [1.54, 1.807) is 49.9 Å². The number of nitrogens with zero attached hydrogens (tertiary/aromatic N) is 1. The van der Waals surface area contributed by atoms with Gasteiger partial charge in [0.2, 0.25) is 11.8 Å². The van der Waals surface area contributed by atoms with Crippen molar-refractivity contribution in [2.75, 3.05) is 6.54 Å². The smallest absolute Gasteiger partial charge is 0.408 e. The van der Waals surface area contributed by atoms with E-state index in [2.05, 4.69) is 17.6 Å². The maximum atomic E-state index is 14.8. The number of phenols is 1. The minimum absolute atomic E-state index is 0.102. The first-order chi connectivity index (χ1) is 21.9.